The van der Waals surface area contributed by atoms with Crippen LogP contribution in [-0.2, 0) is 16.6 Å². The zero-order valence-corrected chi connectivity index (χ0v) is 13.6. The van der Waals surface area contributed by atoms with Gasteiger partial charge in [0.05, 0.1) is 4.90 Å². The van der Waals surface area contributed by atoms with Crippen molar-refractivity contribution in [3.63, 3.8) is 0 Å². The minimum atomic E-state index is -3.42. The van der Waals surface area contributed by atoms with E-state index >= 15 is 0 Å². The standard InChI is InChI=1S/C14H21ClN2O2S/c1-10-8-17(9-11(10)2)20(18,19)13-4-5-14(15)12(6-13)7-16-3/h4-6,10-11,16H,7-9H2,1-3H3. The van der Waals surface area contributed by atoms with Crippen LogP contribution >= 0.6 is 11.6 Å². The summed E-state index contributed by atoms with van der Waals surface area (Å²) in [6, 6.07) is 4.91. The smallest absolute Gasteiger partial charge is 0.243 e. The monoisotopic (exact) mass is 316 g/mol. The predicted octanol–water partition coefficient (Wildman–Crippen LogP) is 2.34. The number of benzene rings is 1. The fourth-order valence-electron chi connectivity index (χ4n) is 2.46. The molecule has 0 bridgehead atoms. The van der Waals surface area contributed by atoms with Crippen molar-refractivity contribution in [2.24, 2.45) is 11.8 Å². The molecular formula is C14H21ClN2O2S. The predicted molar refractivity (Wildman–Crippen MR) is 81.3 cm³/mol. The van der Waals surface area contributed by atoms with Crippen molar-refractivity contribution < 1.29 is 8.42 Å². The molecule has 0 aromatic heterocycles. The molecule has 1 aromatic rings. The number of nitrogens with one attached hydrogen (secondary N) is 1. The Kier molecular flexibility index (Phi) is 4.74. The Labute approximate surface area is 126 Å². The van der Waals surface area contributed by atoms with Crippen LogP contribution in [0.15, 0.2) is 23.1 Å². The number of nitrogens with zero attached hydrogens (tertiary/aromatic N) is 1. The minimum absolute atomic E-state index is 0.327. The Morgan fingerprint density at radius 1 is 1.30 bits per heavy atom. The van der Waals surface area contributed by atoms with Crippen LogP contribution in [0.2, 0.25) is 5.02 Å². The molecule has 0 amide bonds. The second-order valence-electron chi connectivity index (χ2n) is 5.56. The number of hydrogen-bond donors (Lipinski definition) is 1. The van der Waals surface area contributed by atoms with E-state index in [0.29, 0.717) is 41.4 Å². The van der Waals surface area contributed by atoms with E-state index in [1.807, 2.05) is 0 Å². The first-order chi connectivity index (χ1) is 9.36. The molecule has 0 saturated carbocycles. The lowest BCUT2D eigenvalue weighted by molar-refractivity contribution is 0.463. The summed E-state index contributed by atoms with van der Waals surface area (Å²) in [5.41, 5.74) is 0.801. The Morgan fingerprint density at radius 3 is 2.45 bits per heavy atom. The Hall–Kier alpha value is -0.620. The summed E-state index contributed by atoms with van der Waals surface area (Å²) < 4.78 is 26.9. The highest BCUT2D eigenvalue weighted by molar-refractivity contribution is 7.89. The molecule has 4 nitrogen and oxygen atoms in total. The van der Waals surface area contributed by atoms with Crippen molar-refractivity contribution in [2.75, 3.05) is 20.1 Å². The van der Waals surface area contributed by atoms with Gasteiger partial charge in [-0.2, -0.15) is 4.31 Å². The number of hydrogen-bond acceptors (Lipinski definition) is 3. The van der Waals surface area contributed by atoms with E-state index in [2.05, 4.69) is 19.2 Å². The minimum Gasteiger partial charge on any atom is -0.316 e. The fourth-order valence-corrected chi connectivity index (χ4v) is 4.34. The third-order valence-corrected chi connectivity index (χ3v) is 6.17. The SMILES string of the molecule is CNCc1cc(S(=O)(=O)N2CC(C)C(C)C2)ccc1Cl. The van der Waals surface area contributed by atoms with E-state index in [1.165, 1.54) is 0 Å². The summed E-state index contributed by atoms with van der Waals surface area (Å²) >= 11 is 6.08. The molecule has 0 radical (unpaired) electrons. The zero-order chi connectivity index (χ0) is 14.9. The first kappa shape index (κ1) is 15.8. The van der Waals surface area contributed by atoms with E-state index in [4.69, 9.17) is 11.6 Å². The number of halogens is 1. The first-order valence-corrected chi connectivity index (χ1v) is 8.61. The summed E-state index contributed by atoms with van der Waals surface area (Å²) in [6.45, 7) is 5.92. The van der Waals surface area contributed by atoms with Gasteiger partial charge in [0.2, 0.25) is 10.0 Å². The van der Waals surface area contributed by atoms with E-state index in [0.717, 1.165) is 5.56 Å². The average molecular weight is 317 g/mol. The van der Waals surface area contributed by atoms with Gasteiger partial charge >= 0.3 is 0 Å². The van der Waals surface area contributed by atoms with Gasteiger partial charge in [0, 0.05) is 24.7 Å². The van der Waals surface area contributed by atoms with Crippen LogP contribution in [0, 0.1) is 11.8 Å². The maximum Gasteiger partial charge on any atom is 0.243 e. The lowest BCUT2D eigenvalue weighted by Crippen LogP contribution is -2.29. The molecule has 1 aromatic carbocycles. The van der Waals surface area contributed by atoms with Crippen LogP contribution in [0.1, 0.15) is 19.4 Å². The molecule has 0 spiro atoms. The molecule has 0 aliphatic carbocycles. The molecule has 1 N–H and O–H groups in total. The maximum absolute atomic E-state index is 12.7. The Morgan fingerprint density at radius 2 is 1.90 bits per heavy atom. The molecule has 2 unspecified atom stereocenters. The molecule has 6 heteroatoms. The summed E-state index contributed by atoms with van der Waals surface area (Å²) in [6.07, 6.45) is 0. The molecule has 1 aliphatic heterocycles. The van der Waals surface area contributed by atoms with Crippen LogP contribution in [0.5, 0.6) is 0 Å². The van der Waals surface area contributed by atoms with Crippen molar-refractivity contribution in [1.82, 2.24) is 9.62 Å². The lowest BCUT2D eigenvalue weighted by Gasteiger charge is -2.17. The van der Waals surface area contributed by atoms with Crippen LogP contribution in [0.3, 0.4) is 0 Å². The van der Waals surface area contributed by atoms with Gasteiger partial charge in [-0.05, 0) is 42.6 Å². The van der Waals surface area contributed by atoms with E-state index in [9.17, 15) is 8.42 Å². The van der Waals surface area contributed by atoms with Crippen LogP contribution < -0.4 is 5.32 Å². The van der Waals surface area contributed by atoms with E-state index in [-0.39, 0.29) is 0 Å². The van der Waals surface area contributed by atoms with Gasteiger partial charge in [-0.25, -0.2) is 8.42 Å². The Bertz CT molecular complexity index is 579. The van der Waals surface area contributed by atoms with Gasteiger partial charge in [0.25, 0.3) is 0 Å². The summed E-state index contributed by atoms with van der Waals surface area (Å²) in [5.74, 6) is 0.794. The number of rotatable bonds is 4. The molecule has 1 aliphatic rings. The van der Waals surface area contributed by atoms with Crippen molar-refractivity contribution in [3.05, 3.63) is 28.8 Å². The zero-order valence-electron chi connectivity index (χ0n) is 12.1. The van der Waals surface area contributed by atoms with Gasteiger partial charge in [0.1, 0.15) is 0 Å². The molecule has 20 heavy (non-hydrogen) atoms. The molecule has 112 valence electrons. The first-order valence-electron chi connectivity index (χ1n) is 6.79. The molecule has 2 atom stereocenters. The highest BCUT2D eigenvalue weighted by atomic mass is 35.5. The van der Waals surface area contributed by atoms with Crippen molar-refractivity contribution in [3.8, 4) is 0 Å². The molecular weight excluding hydrogens is 296 g/mol. The molecule has 1 heterocycles. The second kappa shape index (κ2) is 6.02. The third-order valence-electron chi connectivity index (χ3n) is 3.98. The lowest BCUT2D eigenvalue weighted by atomic mass is 10.0. The van der Waals surface area contributed by atoms with Gasteiger partial charge in [-0.3, -0.25) is 0 Å². The van der Waals surface area contributed by atoms with Crippen LogP contribution in [0.4, 0.5) is 0 Å². The third kappa shape index (κ3) is 3.01. The largest absolute Gasteiger partial charge is 0.316 e. The van der Waals surface area contributed by atoms with Gasteiger partial charge in [-0.1, -0.05) is 25.4 Å². The fraction of sp³-hybridized carbons (Fsp3) is 0.571. The van der Waals surface area contributed by atoms with Crippen molar-refractivity contribution in [2.45, 2.75) is 25.3 Å². The molecule has 2 rings (SSSR count). The number of sulfonamides is 1. The van der Waals surface area contributed by atoms with Crippen molar-refractivity contribution >= 4 is 21.6 Å². The molecule has 1 saturated heterocycles. The van der Waals surface area contributed by atoms with Crippen LogP contribution in [0.25, 0.3) is 0 Å². The van der Waals surface area contributed by atoms with Gasteiger partial charge in [-0.15, -0.1) is 0 Å². The highest BCUT2D eigenvalue weighted by Gasteiger charge is 2.35. The normalized spacial score (nSPS) is 24.2. The highest BCUT2D eigenvalue weighted by Crippen LogP contribution is 2.29. The van der Waals surface area contributed by atoms with Gasteiger partial charge < -0.3 is 5.32 Å². The topological polar surface area (TPSA) is 49.4 Å². The second-order valence-corrected chi connectivity index (χ2v) is 7.91. The van der Waals surface area contributed by atoms with Crippen LogP contribution in [-0.4, -0.2) is 32.9 Å². The maximum atomic E-state index is 12.7. The van der Waals surface area contributed by atoms with E-state index in [1.54, 1.807) is 29.6 Å². The quantitative estimate of drug-likeness (QED) is 0.927. The van der Waals surface area contributed by atoms with Crippen molar-refractivity contribution in [1.29, 1.82) is 0 Å². The van der Waals surface area contributed by atoms with Gasteiger partial charge in [0.15, 0.2) is 0 Å². The summed E-state index contributed by atoms with van der Waals surface area (Å²) in [7, 11) is -1.61. The Balaban J connectivity index is 2.33. The molecule has 1 fully saturated rings. The summed E-state index contributed by atoms with van der Waals surface area (Å²) in [5, 5.41) is 3.58. The van der Waals surface area contributed by atoms with E-state index < -0.39 is 10.0 Å². The average Bonchev–Trinajstić information content (AvgIpc) is 2.73. The summed E-state index contributed by atoms with van der Waals surface area (Å²) in [4.78, 5) is 0.327.